The Balaban J connectivity index is 1.36. The highest BCUT2D eigenvalue weighted by molar-refractivity contribution is 6.01. The van der Waals surface area contributed by atoms with Gasteiger partial charge in [-0.25, -0.2) is 5.53 Å². The lowest BCUT2D eigenvalue weighted by Crippen LogP contribution is -2.23. The highest BCUT2D eigenvalue weighted by Gasteiger charge is 2.29. The average Bonchev–Trinajstić information content (AvgIpc) is 2.97. The van der Waals surface area contributed by atoms with Crippen LogP contribution in [-0.4, -0.2) is 0 Å². The fourth-order valence-corrected chi connectivity index (χ4v) is 4.73. The number of anilines is 7. The summed E-state index contributed by atoms with van der Waals surface area (Å²) in [6.07, 6.45) is 1.76. The second-order valence-corrected chi connectivity index (χ2v) is 8.68. The van der Waals surface area contributed by atoms with Gasteiger partial charge in [0.05, 0.1) is 22.7 Å². The van der Waals surface area contributed by atoms with Crippen molar-refractivity contribution in [3.63, 3.8) is 0 Å². The summed E-state index contributed by atoms with van der Waals surface area (Å²) in [5, 5.41) is 6.97. The molecule has 5 aromatic rings. The zero-order valence-corrected chi connectivity index (χ0v) is 20.1. The van der Waals surface area contributed by atoms with Gasteiger partial charge in [0.2, 0.25) is 0 Å². The maximum absolute atomic E-state index is 7.55. The highest BCUT2D eigenvalue weighted by Crippen LogP contribution is 2.53. The van der Waals surface area contributed by atoms with Gasteiger partial charge in [0.1, 0.15) is 5.70 Å². The molecule has 0 fully saturated rings. The molecule has 178 valence electrons. The molecule has 5 aromatic carbocycles. The van der Waals surface area contributed by atoms with Gasteiger partial charge in [-0.2, -0.15) is 5.11 Å². The van der Waals surface area contributed by atoms with Crippen molar-refractivity contribution in [2.75, 3.05) is 15.1 Å². The summed E-state index contributed by atoms with van der Waals surface area (Å²) in [4.78, 5) is 4.62. The van der Waals surface area contributed by atoms with Crippen LogP contribution in [0.3, 0.4) is 0 Å². The number of benzene rings is 5. The Morgan fingerprint density at radius 3 is 1.46 bits per heavy atom. The minimum Gasteiger partial charge on any atom is -0.360 e. The van der Waals surface area contributed by atoms with Crippen molar-refractivity contribution in [2.24, 2.45) is 5.11 Å². The Morgan fingerprint density at radius 1 is 0.541 bits per heavy atom. The van der Waals surface area contributed by atoms with Crippen LogP contribution >= 0.6 is 0 Å². The van der Waals surface area contributed by atoms with Crippen LogP contribution < -0.4 is 15.1 Å². The van der Waals surface area contributed by atoms with Crippen LogP contribution in [0.25, 0.3) is 5.70 Å². The van der Waals surface area contributed by atoms with E-state index in [1.807, 2.05) is 48.5 Å². The molecule has 0 saturated carbocycles. The molecule has 0 spiro atoms. The molecule has 0 atom stereocenters. The highest BCUT2D eigenvalue weighted by atomic mass is 15.3. The van der Waals surface area contributed by atoms with Gasteiger partial charge in [0.15, 0.2) is 0 Å². The molecule has 0 bridgehead atoms. The van der Waals surface area contributed by atoms with E-state index in [9.17, 15) is 0 Å². The van der Waals surface area contributed by atoms with E-state index in [0.29, 0.717) is 5.70 Å². The molecule has 1 heterocycles. The second-order valence-electron chi connectivity index (χ2n) is 8.68. The zero-order chi connectivity index (χ0) is 25.0. The fraction of sp³-hybridized carbons (Fsp3) is 0. The lowest BCUT2D eigenvalue weighted by atomic mass is 10.0. The molecular formula is C32H25N5. The van der Waals surface area contributed by atoms with Crippen LogP contribution in [0.4, 0.5) is 39.8 Å². The molecule has 1 aliphatic rings. The fourth-order valence-electron chi connectivity index (χ4n) is 4.73. The third kappa shape index (κ3) is 4.23. The third-order valence-corrected chi connectivity index (χ3v) is 6.43. The first-order chi connectivity index (χ1) is 18.3. The minimum absolute atomic E-state index is 0.574. The molecule has 0 aromatic heterocycles. The molecule has 0 radical (unpaired) electrons. The zero-order valence-electron chi connectivity index (χ0n) is 20.1. The SMILES string of the molecule is N=N/C(=C\Nc1ccc(N2c3ccccc3N(c3ccccc3)c3ccccc32)cc1)c1ccccc1. The maximum Gasteiger partial charge on any atom is 0.108 e. The number of nitrogens with one attached hydrogen (secondary N) is 2. The summed E-state index contributed by atoms with van der Waals surface area (Å²) < 4.78 is 0. The van der Waals surface area contributed by atoms with Gasteiger partial charge < -0.3 is 15.1 Å². The van der Waals surface area contributed by atoms with Crippen LogP contribution in [-0.2, 0) is 0 Å². The number of fused-ring (bicyclic) bond motifs is 2. The number of para-hydroxylation sites is 5. The van der Waals surface area contributed by atoms with E-state index in [1.54, 1.807) is 6.20 Å². The van der Waals surface area contributed by atoms with E-state index in [-0.39, 0.29) is 0 Å². The Kier molecular flexibility index (Phi) is 5.93. The molecule has 0 amide bonds. The van der Waals surface area contributed by atoms with Gasteiger partial charge in [0.25, 0.3) is 0 Å². The predicted octanol–water partition coefficient (Wildman–Crippen LogP) is 9.38. The smallest absolute Gasteiger partial charge is 0.108 e. The molecule has 37 heavy (non-hydrogen) atoms. The predicted molar refractivity (Wildman–Crippen MR) is 153 cm³/mol. The van der Waals surface area contributed by atoms with Crippen molar-refractivity contribution >= 4 is 45.5 Å². The lowest BCUT2D eigenvalue weighted by molar-refractivity contribution is 1.15. The summed E-state index contributed by atoms with van der Waals surface area (Å²) in [7, 11) is 0. The maximum atomic E-state index is 7.55. The molecule has 5 nitrogen and oxygen atoms in total. The second kappa shape index (κ2) is 9.84. The summed E-state index contributed by atoms with van der Waals surface area (Å²) in [6, 6.07) is 45.5. The molecule has 0 aliphatic carbocycles. The van der Waals surface area contributed by atoms with Crippen molar-refractivity contribution < 1.29 is 0 Å². The first-order valence-electron chi connectivity index (χ1n) is 12.2. The normalized spacial score (nSPS) is 12.5. The van der Waals surface area contributed by atoms with E-state index >= 15 is 0 Å². The average molecular weight is 480 g/mol. The van der Waals surface area contributed by atoms with Crippen molar-refractivity contribution in [1.29, 1.82) is 5.53 Å². The Hall–Kier alpha value is -5.16. The first-order valence-corrected chi connectivity index (χ1v) is 12.2. The number of hydrogen-bond acceptors (Lipinski definition) is 5. The monoisotopic (exact) mass is 479 g/mol. The summed E-state index contributed by atoms with van der Waals surface area (Å²) in [5.41, 5.74) is 16.6. The topological polar surface area (TPSA) is 54.7 Å². The number of rotatable bonds is 6. The van der Waals surface area contributed by atoms with Gasteiger partial charge in [-0.1, -0.05) is 72.8 Å². The Morgan fingerprint density at radius 2 is 0.973 bits per heavy atom. The molecule has 0 unspecified atom stereocenters. The van der Waals surface area contributed by atoms with Crippen molar-refractivity contribution in [3.05, 3.63) is 145 Å². The Labute approximate surface area is 216 Å². The van der Waals surface area contributed by atoms with Gasteiger partial charge in [-0.05, 0) is 60.7 Å². The van der Waals surface area contributed by atoms with Gasteiger partial charge in [0, 0.05) is 28.8 Å². The summed E-state index contributed by atoms with van der Waals surface area (Å²) >= 11 is 0. The number of nitrogens with zero attached hydrogens (tertiary/aromatic N) is 3. The molecule has 0 saturated heterocycles. The molecule has 6 rings (SSSR count). The number of hydrogen-bond donors (Lipinski definition) is 2. The largest absolute Gasteiger partial charge is 0.360 e. The van der Waals surface area contributed by atoms with Crippen LogP contribution in [0.5, 0.6) is 0 Å². The Bertz CT molecular complexity index is 1510. The molecule has 1 aliphatic heterocycles. The summed E-state index contributed by atoms with van der Waals surface area (Å²) in [6.45, 7) is 0. The van der Waals surface area contributed by atoms with E-state index < -0.39 is 0 Å². The standard InChI is InChI=1S/C32H25N5/c33-35-28(24-11-3-1-4-12-24)23-34-25-19-21-27(22-20-25)37-31-17-9-7-15-29(31)36(26-13-5-2-6-14-26)30-16-8-10-18-32(30)37/h1-23,33-34H/b28-23-,35-33?. The molecular weight excluding hydrogens is 454 g/mol. The minimum atomic E-state index is 0.574. The van der Waals surface area contributed by atoms with Gasteiger partial charge in [-0.3, -0.25) is 0 Å². The molecule has 5 heteroatoms. The third-order valence-electron chi connectivity index (χ3n) is 6.43. The van der Waals surface area contributed by atoms with Crippen molar-refractivity contribution in [1.82, 2.24) is 0 Å². The quantitative estimate of drug-likeness (QED) is 0.234. The van der Waals surface area contributed by atoms with E-state index in [0.717, 1.165) is 45.4 Å². The van der Waals surface area contributed by atoms with E-state index in [2.05, 4.69) is 105 Å². The van der Waals surface area contributed by atoms with Crippen molar-refractivity contribution in [2.45, 2.75) is 0 Å². The van der Waals surface area contributed by atoms with Gasteiger partial charge in [-0.15, -0.1) is 0 Å². The molecule has 2 N–H and O–H groups in total. The van der Waals surface area contributed by atoms with Crippen molar-refractivity contribution in [3.8, 4) is 0 Å². The first kappa shape index (κ1) is 22.3. The summed E-state index contributed by atoms with van der Waals surface area (Å²) in [5.74, 6) is 0. The van der Waals surface area contributed by atoms with E-state index in [1.165, 1.54) is 0 Å². The van der Waals surface area contributed by atoms with Crippen LogP contribution in [0.1, 0.15) is 5.56 Å². The van der Waals surface area contributed by atoms with E-state index in [4.69, 9.17) is 5.53 Å². The lowest BCUT2D eigenvalue weighted by Gasteiger charge is -2.40. The van der Waals surface area contributed by atoms with Gasteiger partial charge >= 0.3 is 0 Å². The van der Waals surface area contributed by atoms with Crippen LogP contribution in [0, 0.1) is 5.53 Å². The van der Waals surface area contributed by atoms with Crippen LogP contribution in [0.15, 0.2) is 145 Å². The van der Waals surface area contributed by atoms with Crippen LogP contribution in [0.2, 0.25) is 0 Å².